The van der Waals surface area contributed by atoms with Crippen LogP contribution in [0, 0.1) is 5.92 Å². The highest BCUT2D eigenvalue weighted by molar-refractivity contribution is 5.25. The molecule has 3 aromatic rings. The van der Waals surface area contributed by atoms with Crippen molar-refractivity contribution in [2.24, 2.45) is 5.92 Å². The van der Waals surface area contributed by atoms with Gasteiger partial charge in [-0.05, 0) is 43.3 Å². The third-order valence-corrected chi connectivity index (χ3v) is 4.72. The monoisotopic (exact) mass is 339 g/mol. The molecule has 2 heterocycles. The standard InChI is InChI=1S/C21H25NO3/c1-17(16-22(2)13-12-18-8-4-3-5-9-18)21(23,19-10-6-14-24-19)20-11-7-15-25-20/h3-11,14-15,17,23H,12-13,16H2,1-2H3. The van der Waals surface area contributed by atoms with Gasteiger partial charge in [-0.2, -0.15) is 0 Å². The van der Waals surface area contributed by atoms with E-state index in [2.05, 4.69) is 36.2 Å². The molecule has 4 nitrogen and oxygen atoms in total. The Kier molecular flexibility index (Phi) is 5.41. The van der Waals surface area contributed by atoms with E-state index in [1.54, 1.807) is 36.8 Å². The molecule has 0 bridgehead atoms. The lowest BCUT2D eigenvalue weighted by molar-refractivity contribution is -0.0249. The van der Waals surface area contributed by atoms with Gasteiger partial charge < -0.3 is 18.8 Å². The molecule has 2 aromatic heterocycles. The second-order valence-electron chi connectivity index (χ2n) is 6.62. The molecule has 0 radical (unpaired) electrons. The number of hydrogen-bond donors (Lipinski definition) is 1. The van der Waals surface area contributed by atoms with E-state index >= 15 is 0 Å². The van der Waals surface area contributed by atoms with Crippen LogP contribution in [0.15, 0.2) is 76.0 Å². The maximum absolute atomic E-state index is 11.4. The van der Waals surface area contributed by atoms with Gasteiger partial charge >= 0.3 is 0 Å². The van der Waals surface area contributed by atoms with Crippen molar-refractivity contribution < 1.29 is 13.9 Å². The number of furan rings is 2. The van der Waals surface area contributed by atoms with Crippen molar-refractivity contribution in [1.82, 2.24) is 4.90 Å². The first kappa shape index (κ1) is 17.5. The van der Waals surface area contributed by atoms with Crippen molar-refractivity contribution in [3.63, 3.8) is 0 Å². The zero-order valence-corrected chi connectivity index (χ0v) is 14.8. The Bertz CT molecular complexity index is 701. The van der Waals surface area contributed by atoms with Crippen molar-refractivity contribution in [2.45, 2.75) is 18.9 Å². The van der Waals surface area contributed by atoms with Gasteiger partial charge in [-0.15, -0.1) is 0 Å². The first-order chi connectivity index (χ1) is 12.1. The van der Waals surface area contributed by atoms with Crippen LogP contribution in [0.1, 0.15) is 24.0 Å². The van der Waals surface area contributed by atoms with Crippen molar-refractivity contribution in [3.05, 3.63) is 84.2 Å². The first-order valence-electron chi connectivity index (χ1n) is 8.63. The molecular weight excluding hydrogens is 314 g/mol. The van der Waals surface area contributed by atoms with Crippen LogP contribution < -0.4 is 0 Å². The molecule has 1 aromatic carbocycles. The normalized spacial score (nSPS) is 13.3. The number of hydrogen-bond acceptors (Lipinski definition) is 4. The number of likely N-dealkylation sites (N-methyl/N-ethyl adjacent to an activating group) is 1. The van der Waals surface area contributed by atoms with Crippen molar-refractivity contribution in [2.75, 3.05) is 20.1 Å². The van der Waals surface area contributed by atoms with Crippen LogP contribution in [0.3, 0.4) is 0 Å². The third kappa shape index (κ3) is 3.86. The van der Waals surface area contributed by atoms with Gasteiger partial charge in [0.1, 0.15) is 11.5 Å². The molecular formula is C21H25NO3. The molecule has 0 spiro atoms. The molecule has 0 saturated heterocycles. The van der Waals surface area contributed by atoms with Crippen LogP contribution in [0.5, 0.6) is 0 Å². The molecule has 1 atom stereocenters. The summed E-state index contributed by atoms with van der Waals surface area (Å²) >= 11 is 0. The van der Waals surface area contributed by atoms with Gasteiger partial charge in [0.05, 0.1) is 12.5 Å². The molecule has 3 rings (SSSR count). The molecule has 0 saturated carbocycles. The van der Waals surface area contributed by atoms with Gasteiger partial charge in [0, 0.05) is 19.0 Å². The van der Waals surface area contributed by atoms with Gasteiger partial charge in [0.15, 0.2) is 5.60 Å². The van der Waals surface area contributed by atoms with Crippen LogP contribution >= 0.6 is 0 Å². The number of rotatable bonds is 8. The molecule has 0 amide bonds. The molecule has 25 heavy (non-hydrogen) atoms. The second-order valence-corrected chi connectivity index (χ2v) is 6.62. The van der Waals surface area contributed by atoms with E-state index in [9.17, 15) is 5.11 Å². The summed E-state index contributed by atoms with van der Waals surface area (Å²) in [5, 5.41) is 11.4. The summed E-state index contributed by atoms with van der Waals surface area (Å²) in [4.78, 5) is 2.23. The minimum absolute atomic E-state index is 0.106. The third-order valence-electron chi connectivity index (χ3n) is 4.72. The number of nitrogens with zero attached hydrogens (tertiary/aromatic N) is 1. The summed E-state index contributed by atoms with van der Waals surface area (Å²) in [6, 6.07) is 17.6. The van der Waals surface area contributed by atoms with Gasteiger partial charge in [-0.25, -0.2) is 0 Å². The lowest BCUT2D eigenvalue weighted by atomic mass is 9.83. The predicted molar refractivity (Wildman–Crippen MR) is 97.2 cm³/mol. The van der Waals surface area contributed by atoms with Crippen molar-refractivity contribution in [3.8, 4) is 0 Å². The Balaban J connectivity index is 1.69. The van der Waals surface area contributed by atoms with E-state index in [1.807, 2.05) is 13.0 Å². The number of benzene rings is 1. The second kappa shape index (κ2) is 7.72. The summed E-state index contributed by atoms with van der Waals surface area (Å²) in [6.45, 7) is 3.65. The summed E-state index contributed by atoms with van der Waals surface area (Å²) in [5.74, 6) is 0.906. The van der Waals surface area contributed by atoms with E-state index in [-0.39, 0.29) is 5.92 Å². The van der Waals surface area contributed by atoms with E-state index in [1.165, 1.54) is 5.56 Å². The Labute approximate surface area is 148 Å². The Hall–Kier alpha value is -2.30. The molecule has 1 N–H and O–H groups in total. The summed E-state index contributed by atoms with van der Waals surface area (Å²) in [6.07, 6.45) is 4.13. The van der Waals surface area contributed by atoms with E-state index in [0.717, 1.165) is 13.0 Å². The van der Waals surface area contributed by atoms with E-state index in [4.69, 9.17) is 8.83 Å². The minimum atomic E-state index is -1.28. The smallest absolute Gasteiger partial charge is 0.183 e. The summed E-state index contributed by atoms with van der Waals surface area (Å²) in [5.41, 5.74) is 0.0305. The molecule has 0 aliphatic rings. The SMILES string of the molecule is CC(CN(C)CCc1ccccc1)C(O)(c1ccco1)c1ccco1. The van der Waals surface area contributed by atoms with Gasteiger partial charge in [0.25, 0.3) is 0 Å². The molecule has 4 heteroatoms. The quantitative estimate of drug-likeness (QED) is 0.676. The summed E-state index contributed by atoms with van der Waals surface area (Å²) < 4.78 is 11.1. The van der Waals surface area contributed by atoms with Crippen molar-refractivity contribution in [1.29, 1.82) is 0 Å². The van der Waals surface area contributed by atoms with Crippen LogP contribution in [0.25, 0.3) is 0 Å². The van der Waals surface area contributed by atoms with Gasteiger partial charge in [0.2, 0.25) is 0 Å². The number of aliphatic hydroxyl groups is 1. The van der Waals surface area contributed by atoms with E-state index < -0.39 is 5.60 Å². The summed E-state index contributed by atoms with van der Waals surface area (Å²) in [7, 11) is 2.07. The molecule has 0 fully saturated rings. The average Bonchev–Trinajstić information content (AvgIpc) is 3.33. The highest BCUT2D eigenvalue weighted by atomic mass is 16.4. The van der Waals surface area contributed by atoms with Crippen LogP contribution in [0.4, 0.5) is 0 Å². The van der Waals surface area contributed by atoms with Crippen LogP contribution in [-0.2, 0) is 12.0 Å². The fraction of sp³-hybridized carbons (Fsp3) is 0.333. The Morgan fingerprint density at radius 1 is 0.960 bits per heavy atom. The van der Waals surface area contributed by atoms with Gasteiger partial charge in [-0.1, -0.05) is 37.3 Å². The highest BCUT2D eigenvalue weighted by Gasteiger charge is 2.43. The first-order valence-corrected chi connectivity index (χ1v) is 8.63. The van der Waals surface area contributed by atoms with Crippen molar-refractivity contribution >= 4 is 0 Å². The van der Waals surface area contributed by atoms with Crippen LogP contribution in [0.2, 0.25) is 0 Å². The lowest BCUT2D eigenvalue weighted by Crippen LogP contribution is -2.41. The maximum Gasteiger partial charge on any atom is 0.183 e. The largest absolute Gasteiger partial charge is 0.466 e. The Morgan fingerprint density at radius 3 is 2.08 bits per heavy atom. The fourth-order valence-electron chi connectivity index (χ4n) is 3.25. The Morgan fingerprint density at radius 2 is 1.56 bits per heavy atom. The van der Waals surface area contributed by atoms with Crippen LogP contribution in [-0.4, -0.2) is 30.1 Å². The fourth-order valence-corrected chi connectivity index (χ4v) is 3.25. The topological polar surface area (TPSA) is 49.8 Å². The molecule has 0 aliphatic carbocycles. The average molecular weight is 339 g/mol. The molecule has 132 valence electrons. The lowest BCUT2D eigenvalue weighted by Gasteiger charge is -2.33. The zero-order chi connectivity index (χ0) is 17.7. The minimum Gasteiger partial charge on any atom is -0.466 e. The predicted octanol–water partition coefficient (Wildman–Crippen LogP) is 3.92. The van der Waals surface area contributed by atoms with E-state index in [0.29, 0.717) is 18.1 Å². The molecule has 0 aliphatic heterocycles. The highest BCUT2D eigenvalue weighted by Crippen LogP contribution is 2.37. The molecule has 1 unspecified atom stereocenters. The van der Waals surface area contributed by atoms with Gasteiger partial charge in [-0.3, -0.25) is 0 Å². The maximum atomic E-state index is 11.4. The zero-order valence-electron chi connectivity index (χ0n) is 14.8.